The van der Waals surface area contributed by atoms with E-state index in [1.807, 2.05) is 0 Å². The molecule has 0 spiro atoms. The zero-order valence-corrected chi connectivity index (χ0v) is 14.3. The van der Waals surface area contributed by atoms with Gasteiger partial charge in [0.25, 0.3) is 0 Å². The summed E-state index contributed by atoms with van der Waals surface area (Å²) in [4.78, 5) is 2.65. The molecule has 0 amide bonds. The Balaban J connectivity index is 2.67. The number of hydrogen-bond acceptors (Lipinski definition) is 3. The van der Waals surface area contributed by atoms with Gasteiger partial charge in [0, 0.05) is 54.0 Å². The average molecular weight is 289 g/mol. The lowest BCUT2D eigenvalue weighted by Crippen LogP contribution is -2.61. The van der Waals surface area contributed by atoms with Crippen LogP contribution in [-0.2, 0) is 10.8 Å². The molecule has 0 aromatic heterocycles. The van der Waals surface area contributed by atoms with Crippen molar-refractivity contribution in [2.75, 3.05) is 25.1 Å². The molecule has 0 aromatic rings. The Labute approximate surface area is 122 Å². The molecule has 4 heteroatoms. The summed E-state index contributed by atoms with van der Waals surface area (Å²) in [6, 6.07) is 1.72. The van der Waals surface area contributed by atoms with Crippen molar-refractivity contribution in [3.05, 3.63) is 0 Å². The van der Waals surface area contributed by atoms with E-state index in [2.05, 4.69) is 44.8 Å². The monoisotopic (exact) mass is 288 g/mol. The van der Waals surface area contributed by atoms with E-state index in [0.29, 0.717) is 30.0 Å². The highest BCUT2D eigenvalue weighted by Gasteiger charge is 2.33. The van der Waals surface area contributed by atoms with E-state index in [4.69, 9.17) is 0 Å². The molecular formula is C15H32N2OS. The van der Waals surface area contributed by atoms with Gasteiger partial charge in [0.05, 0.1) is 0 Å². The van der Waals surface area contributed by atoms with E-state index in [0.717, 1.165) is 25.3 Å². The van der Waals surface area contributed by atoms with Gasteiger partial charge in [-0.25, -0.2) is 0 Å². The number of rotatable bonds is 6. The standard InChI is InChI=1S/C15H32N2OS/c1-11(2)14-10-17(13(5)7-8-19(6)18)15(9-16-14)12(3)4/h11-16H,7-10H2,1-6H3. The molecule has 19 heavy (non-hydrogen) atoms. The molecule has 114 valence electrons. The van der Waals surface area contributed by atoms with Crippen LogP contribution >= 0.6 is 0 Å². The fourth-order valence-electron chi connectivity index (χ4n) is 2.89. The molecule has 1 aliphatic heterocycles. The Hall–Kier alpha value is 0.0700. The van der Waals surface area contributed by atoms with E-state index in [1.165, 1.54) is 0 Å². The van der Waals surface area contributed by atoms with Crippen molar-refractivity contribution < 1.29 is 4.21 Å². The van der Waals surface area contributed by atoms with Crippen molar-refractivity contribution in [1.82, 2.24) is 10.2 Å². The second kappa shape index (κ2) is 7.75. The number of nitrogens with zero attached hydrogens (tertiary/aromatic N) is 1. The van der Waals surface area contributed by atoms with E-state index in [1.54, 1.807) is 6.26 Å². The summed E-state index contributed by atoms with van der Waals surface area (Å²) in [6.45, 7) is 13.7. The first kappa shape index (κ1) is 17.1. The predicted octanol–water partition coefficient (Wildman–Crippen LogP) is 2.10. The van der Waals surface area contributed by atoms with Crippen LogP contribution in [0.4, 0.5) is 0 Å². The lowest BCUT2D eigenvalue weighted by molar-refractivity contribution is 0.0507. The zero-order valence-electron chi connectivity index (χ0n) is 13.5. The van der Waals surface area contributed by atoms with Crippen LogP contribution in [0.3, 0.4) is 0 Å². The lowest BCUT2D eigenvalue weighted by atomic mass is 9.92. The van der Waals surface area contributed by atoms with Crippen molar-refractivity contribution in [2.45, 2.75) is 59.2 Å². The highest BCUT2D eigenvalue weighted by molar-refractivity contribution is 7.84. The van der Waals surface area contributed by atoms with Gasteiger partial charge in [-0.1, -0.05) is 27.7 Å². The average Bonchev–Trinajstić information content (AvgIpc) is 2.34. The van der Waals surface area contributed by atoms with Crippen LogP contribution in [0.5, 0.6) is 0 Å². The minimum Gasteiger partial charge on any atom is -0.311 e. The maximum atomic E-state index is 11.3. The van der Waals surface area contributed by atoms with Crippen molar-refractivity contribution in [2.24, 2.45) is 11.8 Å². The van der Waals surface area contributed by atoms with Gasteiger partial charge in [-0.2, -0.15) is 0 Å². The molecule has 0 radical (unpaired) electrons. The lowest BCUT2D eigenvalue weighted by Gasteiger charge is -2.46. The molecule has 1 aliphatic rings. The van der Waals surface area contributed by atoms with Crippen LogP contribution < -0.4 is 5.32 Å². The minimum absolute atomic E-state index is 0.527. The molecule has 0 bridgehead atoms. The molecule has 1 N–H and O–H groups in total. The smallest absolute Gasteiger partial charge is 0.0247 e. The normalized spacial score (nSPS) is 28.8. The molecule has 1 rings (SSSR count). The van der Waals surface area contributed by atoms with Crippen molar-refractivity contribution in [1.29, 1.82) is 0 Å². The predicted molar refractivity (Wildman–Crippen MR) is 85.0 cm³/mol. The molecule has 0 aliphatic carbocycles. The van der Waals surface area contributed by atoms with Crippen LogP contribution in [0.25, 0.3) is 0 Å². The van der Waals surface area contributed by atoms with Gasteiger partial charge in [0.15, 0.2) is 0 Å². The Morgan fingerprint density at radius 2 is 1.84 bits per heavy atom. The largest absolute Gasteiger partial charge is 0.311 e. The van der Waals surface area contributed by atoms with Gasteiger partial charge in [0.2, 0.25) is 0 Å². The summed E-state index contributed by atoms with van der Waals surface area (Å²) in [5.41, 5.74) is 0. The molecule has 0 saturated carbocycles. The third-order valence-electron chi connectivity index (χ3n) is 4.39. The summed E-state index contributed by atoms with van der Waals surface area (Å²) in [5.74, 6) is 2.15. The van der Waals surface area contributed by atoms with E-state index < -0.39 is 10.8 Å². The molecule has 1 fully saturated rings. The van der Waals surface area contributed by atoms with Crippen LogP contribution in [0.2, 0.25) is 0 Å². The molecule has 0 aromatic carbocycles. The summed E-state index contributed by atoms with van der Waals surface area (Å²) in [5, 5.41) is 3.70. The van der Waals surface area contributed by atoms with Crippen LogP contribution in [-0.4, -0.2) is 52.3 Å². The van der Waals surface area contributed by atoms with Gasteiger partial charge in [-0.15, -0.1) is 0 Å². The second-order valence-electron chi connectivity index (χ2n) is 6.68. The van der Waals surface area contributed by atoms with Gasteiger partial charge >= 0.3 is 0 Å². The third-order valence-corrected chi connectivity index (χ3v) is 5.20. The van der Waals surface area contributed by atoms with E-state index >= 15 is 0 Å². The Kier molecular flexibility index (Phi) is 6.98. The Morgan fingerprint density at radius 3 is 2.32 bits per heavy atom. The van der Waals surface area contributed by atoms with Crippen molar-refractivity contribution in [3.8, 4) is 0 Å². The first-order valence-electron chi connectivity index (χ1n) is 7.62. The maximum absolute atomic E-state index is 11.3. The molecule has 1 heterocycles. The minimum atomic E-state index is -0.672. The van der Waals surface area contributed by atoms with Gasteiger partial charge < -0.3 is 5.32 Å². The van der Waals surface area contributed by atoms with Gasteiger partial charge in [-0.05, 0) is 25.2 Å². The molecule has 1 saturated heterocycles. The fraction of sp³-hybridized carbons (Fsp3) is 1.00. The summed E-state index contributed by atoms with van der Waals surface area (Å²) >= 11 is 0. The Morgan fingerprint density at radius 1 is 1.21 bits per heavy atom. The third kappa shape index (κ3) is 5.16. The highest BCUT2D eigenvalue weighted by atomic mass is 32.2. The molecule has 4 atom stereocenters. The number of piperazine rings is 1. The number of nitrogens with one attached hydrogen (secondary N) is 1. The SMILES string of the molecule is CC(C)C1CN(C(C)CCS(C)=O)C(C(C)C)CN1. The van der Waals surface area contributed by atoms with E-state index in [-0.39, 0.29) is 0 Å². The van der Waals surface area contributed by atoms with Crippen LogP contribution in [0.15, 0.2) is 0 Å². The van der Waals surface area contributed by atoms with Crippen LogP contribution in [0.1, 0.15) is 41.0 Å². The maximum Gasteiger partial charge on any atom is 0.0247 e. The van der Waals surface area contributed by atoms with Crippen molar-refractivity contribution in [3.63, 3.8) is 0 Å². The van der Waals surface area contributed by atoms with Crippen LogP contribution in [0, 0.1) is 11.8 Å². The van der Waals surface area contributed by atoms with Gasteiger partial charge in [0.1, 0.15) is 0 Å². The molecular weight excluding hydrogens is 256 g/mol. The topological polar surface area (TPSA) is 32.3 Å². The first-order chi connectivity index (χ1) is 8.82. The van der Waals surface area contributed by atoms with Gasteiger partial charge in [-0.3, -0.25) is 9.11 Å². The second-order valence-corrected chi connectivity index (χ2v) is 8.24. The number of hydrogen-bond donors (Lipinski definition) is 1. The Bertz CT molecular complexity index is 294. The first-order valence-corrected chi connectivity index (χ1v) is 9.34. The summed E-state index contributed by atoms with van der Waals surface area (Å²) in [7, 11) is -0.672. The quantitative estimate of drug-likeness (QED) is 0.812. The van der Waals surface area contributed by atoms with Crippen molar-refractivity contribution >= 4 is 10.8 Å². The highest BCUT2D eigenvalue weighted by Crippen LogP contribution is 2.22. The molecule has 4 unspecified atom stereocenters. The fourth-order valence-corrected chi connectivity index (χ4v) is 3.56. The summed E-state index contributed by atoms with van der Waals surface area (Å²) in [6.07, 6.45) is 2.85. The van der Waals surface area contributed by atoms with E-state index in [9.17, 15) is 4.21 Å². The molecule has 3 nitrogen and oxygen atoms in total. The summed E-state index contributed by atoms with van der Waals surface area (Å²) < 4.78 is 11.3. The zero-order chi connectivity index (χ0) is 14.6.